The van der Waals surface area contributed by atoms with Crippen LogP contribution in [0.1, 0.15) is 30.6 Å². The summed E-state index contributed by atoms with van der Waals surface area (Å²) in [6.07, 6.45) is 5.97. The summed E-state index contributed by atoms with van der Waals surface area (Å²) >= 11 is 0. The van der Waals surface area contributed by atoms with Crippen molar-refractivity contribution < 1.29 is 14.6 Å². The zero-order valence-corrected chi connectivity index (χ0v) is 11.4. The van der Waals surface area contributed by atoms with Crippen LogP contribution in [0.5, 0.6) is 0 Å². The lowest BCUT2D eigenvalue weighted by atomic mass is 10.1. The van der Waals surface area contributed by atoms with Crippen LogP contribution in [0.4, 0.5) is 0 Å². The lowest BCUT2D eigenvalue weighted by Gasteiger charge is -2.13. The second-order valence-electron chi connectivity index (χ2n) is 4.26. The van der Waals surface area contributed by atoms with Crippen LogP contribution < -0.4 is 0 Å². The molecule has 1 unspecified atom stereocenters. The Morgan fingerprint density at radius 2 is 2.05 bits per heavy atom. The van der Waals surface area contributed by atoms with Crippen molar-refractivity contribution in [3.05, 3.63) is 59.7 Å². The van der Waals surface area contributed by atoms with Crippen molar-refractivity contribution in [3.63, 3.8) is 0 Å². The number of esters is 1. The van der Waals surface area contributed by atoms with E-state index in [-0.39, 0.29) is 18.7 Å². The monoisotopic (exact) mass is 260 g/mol. The van der Waals surface area contributed by atoms with Gasteiger partial charge in [-0.15, -0.1) is 0 Å². The van der Waals surface area contributed by atoms with E-state index in [2.05, 4.69) is 0 Å². The van der Waals surface area contributed by atoms with E-state index in [1.165, 1.54) is 0 Å². The molecule has 19 heavy (non-hydrogen) atoms. The maximum absolute atomic E-state index is 11.8. The van der Waals surface area contributed by atoms with Gasteiger partial charge in [-0.05, 0) is 38.0 Å². The first-order chi connectivity index (χ1) is 9.15. The van der Waals surface area contributed by atoms with Crippen molar-refractivity contribution >= 4 is 5.97 Å². The van der Waals surface area contributed by atoms with Gasteiger partial charge in [0.2, 0.25) is 0 Å². The van der Waals surface area contributed by atoms with E-state index in [9.17, 15) is 4.79 Å². The highest BCUT2D eigenvalue weighted by Gasteiger charge is 2.12. The number of aliphatic hydroxyl groups is 1. The van der Waals surface area contributed by atoms with Gasteiger partial charge in [-0.3, -0.25) is 0 Å². The van der Waals surface area contributed by atoms with E-state index in [0.29, 0.717) is 12.0 Å². The predicted octanol–water partition coefficient (Wildman–Crippen LogP) is 3.12. The highest BCUT2D eigenvalue weighted by atomic mass is 16.5. The fraction of sp³-hybridized carbons (Fsp3) is 0.312. The molecule has 1 aromatic rings. The lowest BCUT2D eigenvalue weighted by molar-refractivity contribution is 0.0406. The highest BCUT2D eigenvalue weighted by molar-refractivity contribution is 5.89. The van der Waals surface area contributed by atoms with Gasteiger partial charge in [0.1, 0.15) is 6.10 Å². The number of rotatable bonds is 6. The molecule has 3 nitrogen and oxygen atoms in total. The molecule has 0 saturated heterocycles. The number of carbonyl (C=O) groups excluding carboxylic acids is 1. The number of carbonyl (C=O) groups is 1. The van der Waals surface area contributed by atoms with Gasteiger partial charge in [-0.2, -0.15) is 0 Å². The first-order valence-electron chi connectivity index (χ1n) is 6.35. The lowest BCUT2D eigenvalue weighted by Crippen LogP contribution is -2.16. The third kappa shape index (κ3) is 5.53. The predicted molar refractivity (Wildman–Crippen MR) is 75.9 cm³/mol. The van der Waals surface area contributed by atoms with Crippen molar-refractivity contribution in [2.45, 2.75) is 26.4 Å². The Kier molecular flexibility index (Phi) is 6.61. The Morgan fingerprint density at radius 1 is 1.37 bits per heavy atom. The molecule has 0 aliphatic rings. The molecule has 0 aromatic heterocycles. The van der Waals surface area contributed by atoms with Crippen LogP contribution in [-0.2, 0) is 4.74 Å². The molecule has 102 valence electrons. The summed E-state index contributed by atoms with van der Waals surface area (Å²) in [6.45, 7) is 3.89. The second kappa shape index (κ2) is 8.27. The van der Waals surface area contributed by atoms with Crippen LogP contribution in [0, 0.1) is 0 Å². The molecular formula is C16H20O3. The van der Waals surface area contributed by atoms with Crippen molar-refractivity contribution in [1.82, 2.24) is 0 Å². The Bertz CT molecular complexity index is 446. The Labute approximate surface area is 114 Å². The molecule has 3 heteroatoms. The molecule has 1 atom stereocenters. The van der Waals surface area contributed by atoms with Crippen LogP contribution in [0.3, 0.4) is 0 Å². The Morgan fingerprint density at radius 3 is 2.68 bits per heavy atom. The summed E-state index contributed by atoms with van der Waals surface area (Å²) in [4.78, 5) is 11.8. The summed E-state index contributed by atoms with van der Waals surface area (Å²) in [5.41, 5.74) is 1.51. The maximum Gasteiger partial charge on any atom is 0.338 e. The van der Waals surface area contributed by atoms with Crippen molar-refractivity contribution in [1.29, 1.82) is 0 Å². The van der Waals surface area contributed by atoms with Gasteiger partial charge >= 0.3 is 5.97 Å². The minimum absolute atomic E-state index is 0.141. The molecule has 0 heterocycles. The molecule has 0 fully saturated rings. The van der Waals surface area contributed by atoms with Crippen molar-refractivity contribution in [2.24, 2.45) is 0 Å². The van der Waals surface area contributed by atoms with Gasteiger partial charge in [0.05, 0.1) is 5.56 Å². The van der Waals surface area contributed by atoms with E-state index in [4.69, 9.17) is 9.84 Å². The van der Waals surface area contributed by atoms with Crippen LogP contribution in [0.2, 0.25) is 0 Å². The molecule has 0 spiro atoms. The number of aliphatic hydroxyl groups excluding tert-OH is 1. The first-order valence-corrected chi connectivity index (χ1v) is 6.35. The summed E-state index contributed by atoms with van der Waals surface area (Å²) in [7, 11) is 0. The van der Waals surface area contributed by atoms with E-state index < -0.39 is 0 Å². The molecule has 1 N–H and O–H groups in total. The third-order valence-electron chi connectivity index (χ3n) is 2.73. The fourth-order valence-corrected chi connectivity index (χ4v) is 1.42. The first kappa shape index (κ1) is 15.2. The van der Waals surface area contributed by atoms with Gasteiger partial charge in [0, 0.05) is 6.61 Å². The third-order valence-corrected chi connectivity index (χ3v) is 2.73. The molecule has 0 amide bonds. The minimum Gasteiger partial charge on any atom is -0.455 e. The molecule has 0 bridgehead atoms. The zero-order valence-electron chi connectivity index (χ0n) is 11.4. The number of ether oxygens (including phenoxy) is 1. The Balaban J connectivity index is 2.54. The zero-order chi connectivity index (χ0) is 14.1. The second-order valence-corrected chi connectivity index (χ2v) is 4.26. The van der Waals surface area contributed by atoms with Gasteiger partial charge in [0.25, 0.3) is 0 Å². The smallest absolute Gasteiger partial charge is 0.338 e. The summed E-state index contributed by atoms with van der Waals surface area (Å²) in [6, 6.07) is 8.94. The number of benzene rings is 1. The number of hydrogen-bond acceptors (Lipinski definition) is 3. The van der Waals surface area contributed by atoms with Gasteiger partial charge < -0.3 is 9.84 Å². The standard InChI is InChI=1S/C16H20O3/c1-13(9-5-4-8-12-17)14(2)19-16(18)15-10-6-3-7-11-15/h3-7,9-11,14,17H,8,12H2,1-2H3/b5-4+,13-9+. The fourth-order valence-electron chi connectivity index (χ4n) is 1.42. The van der Waals surface area contributed by atoms with E-state index in [1.807, 2.05) is 50.3 Å². The molecule has 1 rings (SSSR count). The van der Waals surface area contributed by atoms with Gasteiger partial charge in [-0.1, -0.05) is 36.4 Å². The maximum atomic E-state index is 11.8. The van der Waals surface area contributed by atoms with Crippen LogP contribution in [-0.4, -0.2) is 23.8 Å². The van der Waals surface area contributed by atoms with E-state index in [0.717, 1.165) is 5.57 Å². The molecule has 0 aliphatic carbocycles. The van der Waals surface area contributed by atoms with Crippen molar-refractivity contribution in [3.8, 4) is 0 Å². The summed E-state index contributed by atoms with van der Waals surface area (Å²) in [5.74, 6) is -0.319. The SMILES string of the molecule is C/C(=C\C=C\CCO)C(C)OC(=O)c1ccccc1. The van der Waals surface area contributed by atoms with E-state index >= 15 is 0 Å². The average Bonchev–Trinajstić information content (AvgIpc) is 2.44. The van der Waals surface area contributed by atoms with Crippen LogP contribution in [0.25, 0.3) is 0 Å². The summed E-state index contributed by atoms with van der Waals surface area (Å²) < 4.78 is 5.36. The Hall–Kier alpha value is -1.87. The molecule has 1 aromatic carbocycles. The topological polar surface area (TPSA) is 46.5 Å². The molecule has 0 saturated carbocycles. The van der Waals surface area contributed by atoms with Crippen LogP contribution in [0.15, 0.2) is 54.1 Å². The largest absolute Gasteiger partial charge is 0.455 e. The number of hydrogen-bond donors (Lipinski definition) is 1. The molecular weight excluding hydrogens is 240 g/mol. The quantitative estimate of drug-likeness (QED) is 0.631. The molecule has 0 radical (unpaired) electrons. The van der Waals surface area contributed by atoms with Crippen LogP contribution >= 0.6 is 0 Å². The van der Waals surface area contributed by atoms with E-state index in [1.54, 1.807) is 12.1 Å². The average molecular weight is 260 g/mol. The van der Waals surface area contributed by atoms with Gasteiger partial charge in [0.15, 0.2) is 0 Å². The van der Waals surface area contributed by atoms with Crippen molar-refractivity contribution in [2.75, 3.05) is 6.61 Å². The van der Waals surface area contributed by atoms with Gasteiger partial charge in [-0.25, -0.2) is 4.79 Å². The highest BCUT2D eigenvalue weighted by Crippen LogP contribution is 2.10. The normalized spacial score (nSPS) is 13.5. The molecule has 0 aliphatic heterocycles. The summed E-state index contributed by atoms with van der Waals surface area (Å²) in [5, 5.41) is 8.64. The minimum atomic E-state index is -0.319. The number of allylic oxidation sites excluding steroid dienone is 2.